The van der Waals surface area contributed by atoms with Gasteiger partial charge >= 0.3 is 7.82 Å². The number of phosphoric acid groups is 1. The number of nitrogens with two attached hydrogens (primary N) is 1. The quantitative estimate of drug-likeness (QED) is 0.123. The monoisotopic (exact) mass is 565 g/mol. The molecule has 0 amide bonds. The molecule has 0 aliphatic carbocycles. The lowest BCUT2D eigenvalue weighted by molar-refractivity contribution is 0.297. The number of hydrogen-bond acceptors (Lipinski definition) is 5. The molecule has 0 unspecified atom stereocenters. The van der Waals surface area contributed by atoms with Gasteiger partial charge in [0, 0.05) is 5.56 Å². The number of para-hydroxylation sites is 2. The summed E-state index contributed by atoms with van der Waals surface area (Å²) in [6.07, 6.45) is 12.1. The molecule has 3 aromatic carbocycles. The van der Waals surface area contributed by atoms with Gasteiger partial charge in [-0.15, -0.1) is 0 Å². The predicted octanol–water partition coefficient (Wildman–Crippen LogP) is 10.3. The number of benzene rings is 3. The second-order valence-electron chi connectivity index (χ2n) is 10.4. The minimum absolute atomic E-state index is 0.410. The second-order valence-corrected chi connectivity index (χ2v) is 11.9. The number of rotatable bonds is 18. The minimum atomic E-state index is -4.18. The van der Waals surface area contributed by atoms with E-state index in [4.69, 9.17) is 19.3 Å². The predicted molar refractivity (Wildman–Crippen MR) is 168 cm³/mol. The summed E-state index contributed by atoms with van der Waals surface area (Å²) < 4.78 is 33.0. The molecule has 0 aromatic heterocycles. The molecule has 2 N–H and O–H groups in total. The average molecular weight is 566 g/mol. The van der Waals surface area contributed by atoms with Crippen LogP contribution < -0.4 is 19.3 Å². The Morgan fingerprint density at radius 3 is 1.35 bits per heavy atom. The fourth-order valence-electron chi connectivity index (χ4n) is 5.02. The van der Waals surface area contributed by atoms with E-state index in [9.17, 15) is 4.57 Å². The van der Waals surface area contributed by atoms with E-state index in [1.807, 2.05) is 36.4 Å². The van der Waals surface area contributed by atoms with Gasteiger partial charge in [0.05, 0.1) is 5.69 Å². The Balaban J connectivity index is 2.22. The third kappa shape index (κ3) is 8.80. The third-order valence-electron chi connectivity index (χ3n) is 7.18. The highest BCUT2D eigenvalue weighted by atomic mass is 31.2. The van der Waals surface area contributed by atoms with E-state index in [-0.39, 0.29) is 0 Å². The van der Waals surface area contributed by atoms with Crippen LogP contribution >= 0.6 is 7.82 Å². The Labute approximate surface area is 242 Å². The Morgan fingerprint density at radius 2 is 0.925 bits per heavy atom. The molecule has 0 spiro atoms. The first-order valence-corrected chi connectivity index (χ1v) is 16.7. The summed E-state index contributed by atoms with van der Waals surface area (Å²) in [5.74, 6) is 1.29. The van der Waals surface area contributed by atoms with Gasteiger partial charge in [-0.25, -0.2) is 0 Å². The van der Waals surface area contributed by atoms with Crippen LogP contribution in [0.1, 0.15) is 101 Å². The molecule has 3 rings (SSSR count). The molecule has 0 saturated carbocycles. The van der Waals surface area contributed by atoms with Crippen molar-refractivity contribution < 1.29 is 18.1 Å². The van der Waals surface area contributed by atoms with Crippen LogP contribution in [0.5, 0.6) is 17.2 Å². The standard InChI is InChI=1S/C34H48NO4P/c1-5-9-23-29-30(24-10-6-2)32(26-12-8-4)34(33(35)31(29)25-11-7-3)39-40(36,37-27-19-15-13-16-20-27)38-28-21-17-14-18-22-28/h13-22H,5-12,23-26,35H2,1-4H3. The van der Waals surface area contributed by atoms with Gasteiger partial charge in [0.1, 0.15) is 11.5 Å². The molecule has 5 nitrogen and oxygen atoms in total. The number of nitrogen functional groups attached to an aromatic ring is 1. The van der Waals surface area contributed by atoms with Crippen molar-refractivity contribution >= 4 is 13.5 Å². The van der Waals surface area contributed by atoms with E-state index >= 15 is 0 Å². The number of phosphoric ester groups is 1. The SMILES string of the molecule is CCCCc1c(N)c(OP(=O)(Oc2ccccc2)Oc2ccccc2)c(CCCC)c(CCCC)c1CCCC. The molecule has 0 aliphatic rings. The second kappa shape index (κ2) is 16.4. The topological polar surface area (TPSA) is 70.8 Å². The highest BCUT2D eigenvalue weighted by Gasteiger charge is 2.36. The van der Waals surface area contributed by atoms with E-state index in [2.05, 4.69) is 27.7 Å². The van der Waals surface area contributed by atoms with E-state index in [1.54, 1.807) is 24.3 Å². The maximum Gasteiger partial charge on any atom is 0.647 e. The normalized spacial score (nSPS) is 11.4. The van der Waals surface area contributed by atoms with Crippen molar-refractivity contribution in [3.63, 3.8) is 0 Å². The van der Waals surface area contributed by atoms with Crippen LogP contribution in [-0.2, 0) is 30.2 Å². The molecule has 0 fully saturated rings. The van der Waals surface area contributed by atoms with Gasteiger partial charge in [0.2, 0.25) is 0 Å². The minimum Gasteiger partial charge on any atom is -0.395 e. The van der Waals surface area contributed by atoms with Gasteiger partial charge in [-0.05, 0) is 92.3 Å². The van der Waals surface area contributed by atoms with Gasteiger partial charge in [-0.3, -0.25) is 0 Å². The van der Waals surface area contributed by atoms with Crippen molar-refractivity contribution in [2.24, 2.45) is 0 Å². The van der Waals surface area contributed by atoms with E-state index < -0.39 is 7.82 Å². The van der Waals surface area contributed by atoms with Crippen molar-refractivity contribution in [3.8, 4) is 17.2 Å². The van der Waals surface area contributed by atoms with Crippen LogP contribution in [0.15, 0.2) is 60.7 Å². The lowest BCUT2D eigenvalue weighted by atomic mass is 9.84. The average Bonchev–Trinajstić information content (AvgIpc) is 2.96. The van der Waals surface area contributed by atoms with E-state index in [1.165, 1.54) is 11.1 Å². The number of hydrogen-bond donors (Lipinski definition) is 1. The van der Waals surface area contributed by atoms with Crippen molar-refractivity contribution in [1.29, 1.82) is 0 Å². The molecule has 218 valence electrons. The summed E-state index contributed by atoms with van der Waals surface area (Å²) in [7, 11) is -4.18. The van der Waals surface area contributed by atoms with Gasteiger partial charge in [0.25, 0.3) is 0 Å². The van der Waals surface area contributed by atoms with Crippen molar-refractivity contribution in [1.82, 2.24) is 0 Å². The number of unbranched alkanes of at least 4 members (excludes halogenated alkanes) is 4. The number of anilines is 1. The van der Waals surface area contributed by atoms with Crippen LogP contribution in [0.2, 0.25) is 0 Å². The summed E-state index contributed by atoms with van der Waals surface area (Å²) >= 11 is 0. The van der Waals surface area contributed by atoms with Crippen molar-refractivity contribution in [2.75, 3.05) is 5.73 Å². The molecule has 0 heterocycles. The van der Waals surface area contributed by atoms with Crippen LogP contribution in [0.3, 0.4) is 0 Å². The first-order valence-electron chi connectivity index (χ1n) is 15.2. The Hall–Kier alpha value is -2.91. The van der Waals surface area contributed by atoms with Crippen LogP contribution in [0.25, 0.3) is 0 Å². The summed E-state index contributed by atoms with van der Waals surface area (Å²) in [6.45, 7) is 8.84. The zero-order valence-corrected chi connectivity index (χ0v) is 25.8. The Bertz CT molecular complexity index is 1170. The molecule has 0 radical (unpaired) electrons. The zero-order valence-electron chi connectivity index (χ0n) is 24.9. The van der Waals surface area contributed by atoms with E-state index in [0.717, 1.165) is 88.2 Å². The molecule has 0 atom stereocenters. The maximum absolute atomic E-state index is 14.5. The van der Waals surface area contributed by atoms with Crippen LogP contribution in [0, 0.1) is 0 Å². The fourth-order valence-corrected chi connectivity index (χ4v) is 6.33. The molecular formula is C34H48NO4P. The van der Waals surface area contributed by atoms with Crippen molar-refractivity contribution in [3.05, 3.63) is 82.9 Å². The summed E-state index contributed by atoms with van der Waals surface area (Å²) in [5, 5.41) is 0. The molecule has 0 aliphatic heterocycles. The molecular weight excluding hydrogens is 517 g/mol. The molecule has 0 bridgehead atoms. The van der Waals surface area contributed by atoms with Crippen LogP contribution in [-0.4, -0.2) is 0 Å². The lowest BCUT2D eigenvalue weighted by Gasteiger charge is -2.27. The summed E-state index contributed by atoms with van der Waals surface area (Å²) in [4.78, 5) is 0. The Morgan fingerprint density at radius 1 is 0.550 bits per heavy atom. The third-order valence-corrected chi connectivity index (χ3v) is 8.46. The van der Waals surface area contributed by atoms with Gasteiger partial charge in [0.15, 0.2) is 5.75 Å². The van der Waals surface area contributed by atoms with Gasteiger partial charge < -0.3 is 19.3 Å². The smallest absolute Gasteiger partial charge is 0.395 e. The molecule has 6 heteroatoms. The fraction of sp³-hybridized carbons (Fsp3) is 0.471. The zero-order chi connectivity index (χ0) is 28.8. The van der Waals surface area contributed by atoms with Crippen molar-refractivity contribution in [2.45, 2.75) is 105 Å². The first-order chi connectivity index (χ1) is 19.5. The molecule has 40 heavy (non-hydrogen) atoms. The highest BCUT2D eigenvalue weighted by molar-refractivity contribution is 7.49. The molecule has 0 saturated heterocycles. The maximum atomic E-state index is 14.5. The highest BCUT2D eigenvalue weighted by Crippen LogP contribution is 2.53. The van der Waals surface area contributed by atoms with Gasteiger partial charge in [-0.2, -0.15) is 4.57 Å². The summed E-state index contributed by atoms with van der Waals surface area (Å²) in [5.41, 5.74) is 12.5. The lowest BCUT2D eigenvalue weighted by Crippen LogP contribution is -2.15. The largest absolute Gasteiger partial charge is 0.647 e. The Kier molecular flexibility index (Phi) is 12.9. The first kappa shape index (κ1) is 31.6. The molecule has 3 aromatic rings. The van der Waals surface area contributed by atoms with Crippen LogP contribution in [0.4, 0.5) is 5.69 Å². The summed E-state index contributed by atoms with van der Waals surface area (Å²) in [6, 6.07) is 18.1. The van der Waals surface area contributed by atoms with E-state index in [0.29, 0.717) is 22.9 Å². The van der Waals surface area contributed by atoms with Gasteiger partial charge in [-0.1, -0.05) is 89.8 Å².